The lowest BCUT2D eigenvalue weighted by molar-refractivity contribution is -0.132. The molecule has 4 nitrogen and oxygen atoms in total. The molecule has 0 saturated carbocycles. The normalized spacial score (nSPS) is 20.6. The maximum Gasteiger partial charge on any atom is 0.242 e. The molecule has 1 aromatic carbocycles. The minimum Gasteiger partial charge on any atom is -0.347 e. The van der Waals surface area contributed by atoms with E-state index in [9.17, 15) is 9.59 Å². The number of amides is 2. The summed E-state index contributed by atoms with van der Waals surface area (Å²) >= 11 is 0. The minimum absolute atomic E-state index is 0.0170. The molecule has 18 heavy (non-hydrogen) atoms. The van der Waals surface area contributed by atoms with Crippen LogP contribution in [0.3, 0.4) is 0 Å². The summed E-state index contributed by atoms with van der Waals surface area (Å²) in [6.45, 7) is 4.63. The van der Waals surface area contributed by atoms with Crippen molar-refractivity contribution in [2.75, 3.05) is 6.54 Å². The number of rotatable bonds is 2. The smallest absolute Gasteiger partial charge is 0.242 e. The zero-order valence-corrected chi connectivity index (χ0v) is 10.8. The lowest BCUT2D eigenvalue weighted by Crippen LogP contribution is -2.39. The summed E-state index contributed by atoms with van der Waals surface area (Å²) in [4.78, 5) is 25.2. The van der Waals surface area contributed by atoms with Crippen LogP contribution in [0.15, 0.2) is 24.3 Å². The van der Waals surface area contributed by atoms with Crippen LogP contribution in [0.25, 0.3) is 0 Å². The second kappa shape index (κ2) is 5.21. The van der Waals surface area contributed by atoms with Gasteiger partial charge in [0.05, 0.1) is 6.54 Å². The Labute approximate surface area is 107 Å². The molecule has 1 heterocycles. The van der Waals surface area contributed by atoms with Crippen molar-refractivity contribution >= 4 is 11.8 Å². The van der Waals surface area contributed by atoms with E-state index in [1.807, 2.05) is 38.1 Å². The molecule has 0 aliphatic carbocycles. The van der Waals surface area contributed by atoms with E-state index < -0.39 is 0 Å². The fourth-order valence-electron chi connectivity index (χ4n) is 2.19. The van der Waals surface area contributed by atoms with Crippen LogP contribution in [-0.4, -0.2) is 29.3 Å². The zero-order chi connectivity index (χ0) is 13.1. The predicted molar refractivity (Wildman–Crippen MR) is 68.8 cm³/mol. The minimum atomic E-state index is -0.0559. The van der Waals surface area contributed by atoms with Gasteiger partial charge in [-0.2, -0.15) is 0 Å². The third-order valence-electron chi connectivity index (χ3n) is 3.37. The van der Waals surface area contributed by atoms with Crippen LogP contribution in [0.5, 0.6) is 0 Å². The number of nitrogens with one attached hydrogen (secondary N) is 1. The first-order chi connectivity index (χ1) is 8.58. The predicted octanol–water partition coefficient (Wildman–Crippen LogP) is 1.23. The van der Waals surface area contributed by atoms with E-state index in [4.69, 9.17) is 0 Å². The van der Waals surface area contributed by atoms with Gasteiger partial charge in [0.2, 0.25) is 11.8 Å². The van der Waals surface area contributed by atoms with Gasteiger partial charge in [0.25, 0.3) is 0 Å². The first-order valence-corrected chi connectivity index (χ1v) is 6.18. The topological polar surface area (TPSA) is 49.4 Å². The number of hydrogen-bond acceptors (Lipinski definition) is 2. The fraction of sp³-hybridized carbons (Fsp3) is 0.429. The first kappa shape index (κ1) is 12.6. The summed E-state index contributed by atoms with van der Waals surface area (Å²) in [5, 5.41) is 2.62. The summed E-state index contributed by atoms with van der Waals surface area (Å²) in [6.07, 6.45) is 0.373. The molecule has 1 aromatic rings. The highest BCUT2D eigenvalue weighted by molar-refractivity contribution is 5.87. The maximum atomic E-state index is 12.0. The Morgan fingerprint density at radius 3 is 2.78 bits per heavy atom. The van der Waals surface area contributed by atoms with E-state index in [1.54, 1.807) is 4.90 Å². The van der Waals surface area contributed by atoms with Crippen LogP contribution in [-0.2, 0) is 16.1 Å². The number of aryl methyl sites for hydroxylation is 1. The first-order valence-electron chi connectivity index (χ1n) is 6.18. The highest BCUT2D eigenvalue weighted by atomic mass is 16.2. The van der Waals surface area contributed by atoms with Crippen molar-refractivity contribution < 1.29 is 9.59 Å². The number of carbonyl (C=O) groups is 2. The molecular formula is C14H18N2O2. The summed E-state index contributed by atoms with van der Waals surface area (Å²) in [5.41, 5.74) is 2.30. The number of nitrogens with zero attached hydrogens (tertiary/aromatic N) is 1. The molecule has 1 aliphatic rings. The zero-order valence-electron chi connectivity index (χ0n) is 10.8. The van der Waals surface area contributed by atoms with Crippen LogP contribution in [0.4, 0.5) is 0 Å². The van der Waals surface area contributed by atoms with Crippen LogP contribution in [0.2, 0.25) is 0 Å². The Kier molecular flexibility index (Phi) is 3.65. The van der Waals surface area contributed by atoms with E-state index in [-0.39, 0.29) is 24.4 Å². The Hall–Kier alpha value is -1.84. The second-order valence-corrected chi connectivity index (χ2v) is 4.78. The van der Waals surface area contributed by atoms with E-state index in [1.165, 1.54) is 5.56 Å². The van der Waals surface area contributed by atoms with Crippen molar-refractivity contribution in [1.29, 1.82) is 0 Å². The summed E-state index contributed by atoms with van der Waals surface area (Å²) in [5.74, 6) is -0.0697. The number of hydrogen-bond donors (Lipinski definition) is 1. The highest BCUT2D eigenvalue weighted by Crippen LogP contribution is 2.15. The van der Waals surface area contributed by atoms with Gasteiger partial charge < -0.3 is 10.2 Å². The lowest BCUT2D eigenvalue weighted by Gasteiger charge is -2.27. The molecule has 0 spiro atoms. The van der Waals surface area contributed by atoms with Crippen molar-refractivity contribution in [3.63, 3.8) is 0 Å². The largest absolute Gasteiger partial charge is 0.347 e. The lowest BCUT2D eigenvalue weighted by atomic mass is 10.1. The second-order valence-electron chi connectivity index (χ2n) is 4.78. The Bertz CT molecular complexity index is 471. The molecule has 0 aromatic heterocycles. The molecule has 4 heteroatoms. The van der Waals surface area contributed by atoms with Gasteiger partial charge in [0.15, 0.2) is 0 Å². The van der Waals surface area contributed by atoms with Crippen molar-refractivity contribution in [1.82, 2.24) is 10.2 Å². The van der Waals surface area contributed by atoms with Gasteiger partial charge in [-0.1, -0.05) is 24.3 Å². The maximum absolute atomic E-state index is 12.0. The third-order valence-corrected chi connectivity index (χ3v) is 3.37. The summed E-state index contributed by atoms with van der Waals surface area (Å²) < 4.78 is 0. The van der Waals surface area contributed by atoms with Crippen LogP contribution in [0, 0.1) is 6.92 Å². The Morgan fingerprint density at radius 1 is 1.33 bits per heavy atom. The molecule has 1 aliphatic heterocycles. The van der Waals surface area contributed by atoms with Gasteiger partial charge in [0.1, 0.15) is 0 Å². The SMILES string of the molecule is Cc1ccccc1CN1C(=O)CNC(=O)C[C@H]1C. The molecule has 1 fully saturated rings. The molecular weight excluding hydrogens is 228 g/mol. The molecule has 96 valence electrons. The van der Waals surface area contributed by atoms with Crippen molar-refractivity contribution in [2.24, 2.45) is 0 Å². The highest BCUT2D eigenvalue weighted by Gasteiger charge is 2.26. The van der Waals surface area contributed by atoms with Crippen LogP contribution < -0.4 is 5.32 Å². The van der Waals surface area contributed by atoms with E-state index in [0.717, 1.165) is 5.56 Å². The summed E-state index contributed by atoms with van der Waals surface area (Å²) in [6, 6.07) is 7.96. The molecule has 1 saturated heterocycles. The van der Waals surface area contributed by atoms with Crippen LogP contribution in [0.1, 0.15) is 24.5 Å². The monoisotopic (exact) mass is 246 g/mol. The quantitative estimate of drug-likeness (QED) is 0.853. The molecule has 2 amide bonds. The van der Waals surface area contributed by atoms with E-state index in [2.05, 4.69) is 5.32 Å². The molecule has 2 rings (SSSR count). The fourth-order valence-corrected chi connectivity index (χ4v) is 2.19. The molecule has 0 radical (unpaired) electrons. The van der Waals surface area contributed by atoms with Crippen molar-refractivity contribution in [2.45, 2.75) is 32.9 Å². The van der Waals surface area contributed by atoms with E-state index >= 15 is 0 Å². The van der Waals surface area contributed by atoms with Crippen LogP contribution >= 0.6 is 0 Å². The standard InChI is InChI=1S/C14H18N2O2/c1-10-5-3-4-6-12(10)9-16-11(2)7-13(17)15-8-14(16)18/h3-6,11H,7-9H2,1-2H3,(H,15,17)/t11-/m1/s1. The van der Waals surface area contributed by atoms with Gasteiger partial charge in [0, 0.05) is 19.0 Å². The van der Waals surface area contributed by atoms with Gasteiger partial charge in [-0.3, -0.25) is 9.59 Å². The van der Waals surface area contributed by atoms with Gasteiger partial charge in [-0.05, 0) is 25.0 Å². The van der Waals surface area contributed by atoms with Gasteiger partial charge in [-0.25, -0.2) is 0 Å². The number of benzene rings is 1. The Balaban J connectivity index is 2.18. The summed E-state index contributed by atoms with van der Waals surface area (Å²) in [7, 11) is 0. The molecule has 1 N–H and O–H groups in total. The Morgan fingerprint density at radius 2 is 2.06 bits per heavy atom. The molecule has 0 bridgehead atoms. The average Bonchev–Trinajstić information content (AvgIpc) is 2.45. The van der Waals surface area contributed by atoms with Gasteiger partial charge >= 0.3 is 0 Å². The van der Waals surface area contributed by atoms with Gasteiger partial charge in [-0.15, -0.1) is 0 Å². The number of carbonyl (C=O) groups excluding carboxylic acids is 2. The average molecular weight is 246 g/mol. The molecule has 0 unspecified atom stereocenters. The molecule has 1 atom stereocenters. The van der Waals surface area contributed by atoms with E-state index in [0.29, 0.717) is 13.0 Å². The third kappa shape index (κ3) is 2.70. The van der Waals surface area contributed by atoms with Crippen molar-refractivity contribution in [3.8, 4) is 0 Å². The van der Waals surface area contributed by atoms with Crippen molar-refractivity contribution in [3.05, 3.63) is 35.4 Å².